The number of methoxy groups -OCH3 is 1. The molecule has 1 aromatic heterocycles. The Morgan fingerprint density at radius 1 is 1.24 bits per heavy atom. The number of nitrogens with zero attached hydrogens (tertiary/aromatic N) is 1. The molecule has 1 aromatic carbocycles. The maximum Gasteiger partial charge on any atom is 0.433 e. The van der Waals surface area contributed by atoms with E-state index in [1.54, 1.807) is 0 Å². The van der Waals surface area contributed by atoms with Crippen LogP contribution in [-0.4, -0.2) is 12.1 Å². The molecule has 1 heterocycles. The lowest BCUT2D eigenvalue weighted by Gasteiger charge is -2.14. The van der Waals surface area contributed by atoms with Gasteiger partial charge in [0.05, 0.1) is 12.6 Å². The Morgan fingerprint density at radius 3 is 2.53 bits per heavy atom. The van der Waals surface area contributed by atoms with E-state index in [2.05, 4.69) is 4.98 Å². The molecule has 0 radical (unpaired) electrons. The van der Waals surface area contributed by atoms with Crippen molar-refractivity contribution in [2.45, 2.75) is 6.18 Å². The Bertz CT molecular complexity index is 566. The van der Waals surface area contributed by atoms with Gasteiger partial charge in [-0.2, -0.15) is 13.2 Å². The van der Waals surface area contributed by atoms with Crippen LogP contribution in [0, 0.1) is 0 Å². The molecule has 0 amide bonds. The summed E-state index contributed by atoms with van der Waals surface area (Å²) in [6.45, 7) is 0. The zero-order valence-corrected chi connectivity index (χ0v) is 8.71. The van der Waals surface area contributed by atoms with E-state index in [0.29, 0.717) is 11.8 Å². The summed E-state index contributed by atoms with van der Waals surface area (Å²) < 4.78 is 42.1. The molecule has 90 valence electrons. The van der Waals surface area contributed by atoms with Crippen molar-refractivity contribution in [1.29, 1.82) is 0 Å². The lowest BCUT2D eigenvalue weighted by molar-refractivity contribution is -0.266. The number of ether oxygens (including phenoxy) is 1. The van der Waals surface area contributed by atoms with Crippen LogP contribution in [0.5, 0.6) is 11.5 Å². The van der Waals surface area contributed by atoms with Gasteiger partial charge in [-0.3, -0.25) is 0 Å². The van der Waals surface area contributed by atoms with Crippen LogP contribution in [0.4, 0.5) is 13.2 Å². The molecule has 6 heteroatoms. The van der Waals surface area contributed by atoms with Crippen LogP contribution >= 0.6 is 0 Å². The van der Waals surface area contributed by atoms with Crippen molar-refractivity contribution in [2.24, 2.45) is 0 Å². The predicted molar refractivity (Wildman–Crippen MR) is 52.7 cm³/mol. The zero-order chi connectivity index (χ0) is 12.6. The Morgan fingerprint density at radius 2 is 1.94 bits per heavy atom. The maximum absolute atomic E-state index is 12.4. The van der Waals surface area contributed by atoms with Crippen LogP contribution in [0.2, 0.25) is 0 Å². The predicted octanol–water partition coefficient (Wildman–Crippen LogP) is 2.34. The Kier molecular flexibility index (Phi) is 2.57. The van der Waals surface area contributed by atoms with Crippen LogP contribution in [0.25, 0.3) is 10.9 Å². The largest absolute Gasteiger partial charge is 0.872 e. The topological polar surface area (TPSA) is 45.2 Å². The van der Waals surface area contributed by atoms with E-state index in [-0.39, 0.29) is 10.9 Å². The molecule has 2 aromatic rings. The summed E-state index contributed by atoms with van der Waals surface area (Å²) in [5, 5.41) is 11.6. The van der Waals surface area contributed by atoms with Crippen LogP contribution in [0.15, 0.2) is 24.3 Å². The Balaban J connectivity index is 2.68. The first kappa shape index (κ1) is 11.5. The first-order valence-electron chi connectivity index (χ1n) is 4.65. The number of aromatic nitrogens is 1. The highest BCUT2D eigenvalue weighted by Crippen LogP contribution is 2.33. The average molecular weight is 242 g/mol. The second-order valence-corrected chi connectivity index (χ2v) is 3.39. The van der Waals surface area contributed by atoms with Gasteiger partial charge in [-0.1, -0.05) is 5.75 Å². The molecule has 0 bridgehead atoms. The second kappa shape index (κ2) is 3.80. The molecule has 17 heavy (non-hydrogen) atoms. The van der Waals surface area contributed by atoms with E-state index < -0.39 is 17.6 Å². The third kappa shape index (κ3) is 2.11. The summed E-state index contributed by atoms with van der Waals surface area (Å²) in [6.07, 6.45) is -4.62. The van der Waals surface area contributed by atoms with Crippen molar-refractivity contribution in [3.63, 3.8) is 0 Å². The minimum Gasteiger partial charge on any atom is -0.872 e. The molecule has 2 rings (SSSR count). The summed E-state index contributed by atoms with van der Waals surface area (Å²) in [4.78, 5) is 3.40. The van der Waals surface area contributed by atoms with Gasteiger partial charge in [-0.05, 0) is 29.7 Å². The monoisotopic (exact) mass is 242 g/mol. The molecule has 0 aliphatic carbocycles. The van der Waals surface area contributed by atoms with Gasteiger partial charge in [0, 0.05) is 0 Å². The van der Waals surface area contributed by atoms with E-state index in [0.717, 1.165) is 0 Å². The van der Waals surface area contributed by atoms with Gasteiger partial charge in [0.15, 0.2) is 0 Å². The van der Waals surface area contributed by atoms with Crippen LogP contribution in [0.3, 0.4) is 0 Å². The van der Waals surface area contributed by atoms with E-state index in [4.69, 9.17) is 4.74 Å². The number of rotatable bonds is 1. The molecule has 0 saturated carbocycles. The van der Waals surface area contributed by atoms with E-state index in [1.165, 1.54) is 25.3 Å². The van der Waals surface area contributed by atoms with Gasteiger partial charge >= 0.3 is 6.18 Å². The highest BCUT2D eigenvalue weighted by Gasteiger charge is 2.32. The number of hydrogen-bond donors (Lipinski definition) is 0. The maximum atomic E-state index is 12.4. The molecule has 0 unspecified atom stereocenters. The molecule has 0 aliphatic rings. The quantitative estimate of drug-likeness (QED) is 0.770. The van der Waals surface area contributed by atoms with Crippen molar-refractivity contribution >= 4 is 10.9 Å². The molecule has 0 atom stereocenters. The van der Waals surface area contributed by atoms with Gasteiger partial charge in [0.25, 0.3) is 0 Å². The van der Waals surface area contributed by atoms with Gasteiger partial charge < -0.3 is 9.84 Å². The van der Waals surface area contributed by atoms with Crippen molar-refractivity contribution in [1.82, 2.24) is 4.98 Å². The molecular weight excluding hydrogens is 235 g/mol. The van der Waals surface area contributed by atoms with Crippen molar-refractivity contribution < 1.29 is 23.0 Å². The number of pyridine rings is 1. The normalized spacial score (nSPS) is 11.8. The smallest absolute Gasteiger partial charge is 0.433 e. The van der Waals surface area contributed by atoms with Gasteiger partial charge in [-0.15, -0.1) is 0 Å². The number of hydrogen-bond acceptors (Lipinski definition) is 3. The molecule has 0 fully saturated rings. The minimum absolute atomic E-state index is 0.00521. The number of alkyl halides is 3. The number of fused-ring (bicyclic) bond motifs is 1. The second-order valence-electron chi connectivity index (χ2n) is 3.39. The first-order chi connectivity index (χ1) is 7.91. The summed E-state index contributed by atoms with van der Waals surface area (Å²) in [5.74, 6) is -0.322. The lowest BCUT2D eigenvalue weighted by atomic mass is 10.1. The molecule has 0 saturated heterocycles. The number of halogens is 3. The van der Waals surface area contributed by atoms with Crippen LogP contribution in [0.1, 0.15) is 5.69 Å². The van der Waals surface area contributed by atoms with Crippen LogP contribution < -0.4 is 9.84 Å². The summed E-state index contributed by atoms with van der Waals surface area (Å²) >= 11 is 0. The lowest BCUT2D eigenvalue weighted by Crippen LogP contribution is -2.09. The Labute approximate surface area is 94.5 Å². The summed E-state index contributed by atoms with van der Waals surface area (Å²) in [6, 6.07) is 4.63. The first-order valence-corrected chi connectivity index (χ1v) is 4.65. The standard InChI is InChI=1S/C11H8F3NO2/c1-17-6-2-3-8-7(4-6)9(16)5-10(15-8)11(12,13)14/h2-5H,1H3,(H,15,16)/p-1. The minimum atomic E-state index is -4.62. The molecule has 3 nitrogen and oxygen atoms in total. The highest BCUT2D eigenvalue weighted by molar-refractivity contribution is 5.86. The zero-order valence-electron chi connectivity index (χ0n) is 8.71. The fourth-order valence-electron chi connectivity index (χ4n) is 1.45. The molecule has 0 spiro atoms. The van der Waals surface area contributed by atoms with Gasteiger partial charge in [-0.25, -0.2) is 4.98 Å². The Hall–Kier alpha value is -1.98. The number of benzene rings is 1. The van der Waals surface area contributed by atoms with Gasteiger partial charge in [0.2, 0.25) is 0 Å². The van der Waals surface area contributed by atoms with E-state index >= 15 is 0 Å². The highest BCUT2D eigenvalue weighted by atomic mass is 19.4. The third-order valence-corrected chi connectivity index (χ3v) is 2.27. The van der Waals surface area contributed by atoms with E-state index in [1.807, 2.05) is 0 Å². The SMILES string of the molecule is COc1ccc2nc(C(F)(F)F)cc([O-])c2c1. The molecular formula is C11H7F3NO2-. The van der Waals surface area contributed by atoms with E-state index in [9.17, 15) is 18.3 Å². The summed E-state index contributed by atoms with van der Waals surface area (Å²) in [7, 11) is 1.41. The molecule has 0 aliphatic heterocycles. The average Bonchev–Trinajstić information content (AvgIpc) is 2.27. The third-order valence-electron chi connectivity index (χ3n) is 2.27. The molecule has 0 N–H and O–H groups in total. The fraction of sp³-hybridized carbons (Fsp3) is 0.182. The van der Waals surface area contributed by atoms with Crippen molar-refractivity contribution in [2.75, 3.05) is 7.11 Å². The fourth-order valence-corrected chi connectivity index (χ4v) is 1.45. The van der Waals surface area contributed by atoms with Crippen molar-refractivity contribution in [3.05, 3.63) is 30.0 Å². The van der Waals surface area contributed by atoms with Crippen LogP contribution in [-0.2, 0) is 6.18 Å². The van der Waals surface area contributed by atoms with Crippen molar-refractivity contribution in [3.8, 4) is 11.5 Å². The summed E-state index contributed by atoms with van der Waals surface area (Å²) in [5.41, 5.74) is -1.18. The van der Waals surface area contributed by atoms with Gasteiger partial charge in [0.1, 0.15) is 11.4 Å².